The maximum absolute atomic E-state index is 11.4. The van der Waals surface area contributed by atoms with Gasteiger partial charge in [0.25, 0.3) is 0 Å². The van der Waals surface area contributed by atoms with Crippen LogP contribution in [0.3, 0.4) is 0 Å². The molecule has 0 heterocycles. The van der Waals surface area contributed by atoms with E-state index in [2.05, 4.69) is 26.1 Å². The fourth-order valence-corrected chi connectivity index (χ4v) is 1.19. The number of nitrogens with one attached hydrogen (secondary N) is 1. The Balaban J connectivity index is 3.58. The molecule has 2 N–H and O–H groups in total. The first kappa shape index (κ1) is 14.4. The largest absolute Gasteiger partial charge is 0.396 e. The average Bonchev–Trinajstić information content (AvgIpc) is 2.11. The highest BCUT2D eigenvalue weighted by Gasteiger charge is 2.13. The van der Waals surface area contributed by atoms with E-state index in [1.165, 1.54) is 0 Å². The highest BCUT2D eigenvalue weighted by Crippen LogP contribution is 2.20. The molecule has 3 heteroatoms. The molecule has 3 nitrogen and oxygen atoms in total. The van der Waals surface area contributed by atoms with E-state index >= 15 is 0 Å². The van der Waals surface area contributed by atoms with Crippen molar-refractivity contribution in [2.24, 2.45) is 11.3 Å². The van der Waals surface area contributed by atoms with Crippen LogP contribution in [0.1, 0.15) is 47.0 Å². The summed E-state index contributed by atoms with van der Waals surface area (Å²) in [5.74, 6) is 0.475. The maximum Gasteiger partial charge on any atom is 0.220 e. The molecule has 0 radical (unpaired) electrons. The van der Waals surface area contributed by atoms with Crippen molar-refractivity contribution in [1.82, 2.24) is 5.32 Å². The van der Waals surface area contributed by atoms with Crippen LogP contribution in [-0.2, 0) is 4.79 Å². The zero-order valence-electron chi connectivity index (χ0n) is 10.5. The van der Waals surface area contributed by atoms with Crippen LogP contribution in [0, 0.1) is 11.3 Å². The third-order valence-corrected chi connectivity index (χ3v) is 2.37. The molecule has 0 saturated carbocycles. The van der Waals surface area contributed by atoms with Gasteiger partial charge < -0.3 is 10.4 Å². The van der Waals surface area contributed by atoms with Gasteiger partial charge >= 0.3 is 0 Å². The molecule has 0 aromatic rings. The molecule has 15 heavy (non-hydrogen) atoms. The lowest BCUT2D eigenvalue weighted by atomic mass is 9.90. The van der Waals surface area contributed by atoms with Gasteiger partial charge in [-0.2, -0.15) is 0 Å². The standard InChI is InChI=1S/C12H25NO2/c1-10(6-8-14)9-13-11(15)5-7-12(2,3)4/h10,14H,5-9H2,1-4H3,(H,13,15). The van der Waals surface area contributed by atoms with Crippen LogP contribution < -0.4 is 5.32 Å². The Morgan fingerprint density at radius 1 is 1.40 bits per heavy atom. The van der Waals surface area contributed by atoms with Gasteiger partial charge in [-0.25, -0.2) is 0 Å². The second kappa shape index (κ2) is 6.83. The third-order valence-electron chi connectivity index (χ3n) is 2.37. The van der Waals surface area contributed by atoms with E-state index in [0.717, 1.165) is 12.8 Å². The lowest BCUT2D eigenvalue weighted by molar-refractivity contribution is -0.121. The molecule has 0 saturated heterocycles. The lowest BCUT2D eigenvalue weighted by Gasteiger charge is -2.18. The van der Waals surface area contributed by atoms with Crippen molar-refractivity contribution in [3.63, 3.8) is 0 Å². The van der Waals surface area contributed by atoms with Crippen molar-refractivity contribution in [3.8, 4) is 0 Å². The second-order valence-electron chi connectivity index (χ2n) is 5.48. The number of aliphatic hydroxyl groups is 1. The first-order chi connectivity index (χ1) is 6.85. The van der Waals surface area contributed by atoms with Gasteiger partial charge in [-0.3, -0.25) is 4.79 Å². The van der Waals surface area contributed by atoms with Crippen LogP contribution in [0.15, 0.2) is 0 Å². The number of hydrogen-bond acceptors (Lipinski definition) is 2. The molecule has 1 atom stereocenters. The Hall–Kier alpha value is -0.570. The Morgan fingerprint density at radius 3 is 2.47 bits per heavy atom. The van der Waals surface area contributed by atoms with Crippen molar-refractivity contribution < 1.29 is 9.90 Å². The van der Waals surface area contributed by atoms with Crippen molar-refractivity contribution in [1.29, 1.82) is 0 Å². The van der Waals surface area contributed by atoms with Gasteiger partial charge in [-0.05, 0) is 24.2 Å². The van der Waals surface area contributed by atoms with Crippen molar-refractivity contribution in [2.45, 2.75) is 47.0 Å². The zero-order chi connectivity index (χ0) is 11.9. The normalized spacial score (nSPS) is 13.7. The van der Waals surface area contributed by atoms with E-state index in [0.29, 0.717) is 18.9 Å². The van der Waals surface area contributed by atoms with Gasteiger partial charge in [-0.15, -0.1) is 0 Å². The Bertz CT molecular complexity index is 185. The predicted octanol–water partition coefficient (Wildman–Crippen LogP) is 1.95. The summed E-state index contributed by atoms with van der Waals surface area (Å²) in [5.41, 5.74) is 0.216. The van der Waals surface area contributed by atoms with Crippen LogP contribution in [0.25, 0.3) is 0 Å². The predicted molar refractivity (Wildman–Crippen MR) is 62.6 cm³/mol. The van der Waals surface area contributed by atoms with E-state index in [9.17, 15) is 4.79 Å². The minimum atomic E-state index is 0.120. The number of hydrogen-bond donors (Lipinski definition) is 2. The number of carbonyl (C=O) groups is 1. The molecule has 90 valence electrons. The Kier molecular flexibility index (Phi) is 6.57. The number of carbonyl (C=O) groups excluding carboxylic acids is 1. The number of rotatable bonds is 6. The molecule has 0 aliphatic heterocycles. The van der Waals surface area contributed by atoms with Crippen molar-refractivity contribution in [2.75, 3.05) is 13.2 Å². The average molecular weight is 215 g/mol. The highest BCUT2D eigenvalue weighted by atomic mass is 16.3. The summed E-state index contributed by atoms with van der Waals surface area (Å²) in [6.45, 7) is 9.29. The maximum atomic E-state index is 11.4. The monoisotopic (exact) mass is 215 g/mol. The molecule has 0 fully saturated rings. The topological polar surface area (TPSA) is 49.3 Å². The van der Waals surface area contributed by atoms with E-state index in [4.69, 9.17) is 5.11 Å². The van der Waals surface area contributed by atoms with E-state index < -0.39 is 0 Å². The van der Waals surface area contributed by atoms with E-state index in [-0.39, 0.29) is 17.9 Å². The van der Waals surface area contributed by atoms with E-state index in [1.807, 2.05) is 6.92 Å². The molecule has 0 spiro atoms. The van der Waals surface area contributed by atoms with Crippen LogP contribution in [0.2, 0.25) is 0 Å². The minimum Gasteiger partial charge on any atom is -0.396 e. The quantitative estimate of drug-likeness (QED) is 0.711. The van der Waals surface area contributed by atoms with Gasteiger partial charge in [0.2, 0.25) is 5.91 Å². The van der Waals surface area contributed by atoms with E-state index in [1.54, 1.807) is 0 Å². The first-order valence-corrected chi connectivity index (χ1v) is 5.72. The molecule has 0 aliphatic rings. The molecular weight excluding hydrogens is 190 g/mol. The zero-order valence-corrected chi connectivity index (χ0v) is 10.5. The van der Waals surface area contributed by atoms with Crippen LogP contribution in [0.5, 0.6) is 0 Å². The molecule has 0 aromatic carbocycles. The number of amides is 1. The first-order valence-electron chi connectivity index (χ1n) is 5.72. The molecule has 0 aliphatic carbocycles. The molecule has 0 aromatic heterocycles. The fraction of sp³-hybridized carbons (Fsp3) is 0.917. The third kappa shape index (κ3) is 9.73. The van der Waals surface area contributed by atoms with Crippen LogP contribution >= 0.6 is 0 Å². The molecular formula is C12H25NO2. The molecule has 1 unspecified atom stereocenters. The molecule has 0 rings (SSSR count). The molecule has 0 bridgehead atoms. The van der Waals surface area contributed by atoms with Gasteiger partial charge in [0.1, 0.15) is 0 Å². The summed E-state index contributed by atoms with van der Waals surface area (Å²) >= 11 is 0. The summed E-state index contributed by atoms with van der Waals surface area (Å²) < 4.78 is 0. The Labute approximate surface area is 93.3 Å². The second-order valence-corrected chi connectivity index (χ2v) is 5.48. The van der Waals surface area contributed by atoms with Gasteiger partial charge in [0.15, 0.2) is 0 Å². The fourth-order valence-electron chi connectivity index (χ4n) is 1.19. The van der Waals surface area contributed by atoms with Gasteiger partial charge in [-0.1, -0.05) is 27.7 Å². The molecule has 1 amide bonds. The van der Waals surface area contributed by atoms with Crippen LogP contribution in [-0.4, -0.2) is 24.2 Å². The van der Waals surface area contributed by atoms with Crippen molar-refractivity contribution >= 4 is 5.91 Å². The SMILES string of the molecule is CC(CCO)CNC(=O)CCC(C)(C)C. The number of aliphatic hydroxyl groups excluding tert-OH is 1. The van der Waals surface area contributed by atoms with Crippen molar-refractivity contribution in [3.05, 3.63) is 0 Å². The smallest absolute Gasteiger partial charge is 0.220 e. The highest BCUT2D eigenvalue weighted by molar-refractivity contribution is 5.75. The summed E-state index contributed by atoms with van der Waals surface area (Å²) in [6, 6.07) is 0. The minimum absolute atomic E-state index is 0.120. The van der Waals surface area contributed by atoms with Gasteiger partial charge in [0, 0.05) is 19.6 Å². The van der Waals surface area contributed by atoms with Gasteiger partial charge in [0.05, 0.1) is 0 Å². The van der Waals surface area contributed by atoms with Crippen LogP contribution in [0.4, 0.5) is 0 Å². The lowest BCUT2D eigenvalue weighted by Crippen LogP contribution is -2.29. The Morgan fingerprint density at radius 2 is 2.00 bits per heavy atom. The summed E-state index contributed by atoms with van der Waals surface area (Å²) in [4.78, 5) is 11.4. The summed E-state index contributed by atoms with van der Waals surface area (Å²) in [7, 11) is 0. The summed E-state index contributed by atoms with van der Waals surface area (Å²) in [6.07, 6.45) is 2.25. The summed E-state index contributed by atoms with van der Waals surface area (Å²) in [5, 5.41) is 11.6.